The van der Waals surface area contributed by atoms with Crippen LogP contribution < -0.4 is 0 Å². The second-order valence-electron chi connectivity index (χ2n) is 4.76. The largest absolute Gasteiger partial charge is 0.444 e. The van der Waals surface area contributed by atoms with E-state index < -0.39 is 0 Å². The predicted octanol–water partition coefficient (Wildman–Crippen LogP) is 3.16. The summed E-state index contributed by atoms with van der Waals surface area (Å²) in [7, 11) is 0. The van der Waals surface area contributed by atoms with E-state index in [1.165, 1.54) is 6.42 Å². The summed E-state index contributed by atoms with van der Waals surface area (Å²) >= 11 is 3.21. The number of amides is 1. The molecule has 2 heterocycles. The maximum atomic E-state index is 12.1. The number of carbonyl (C=O) groups excluding carboxylic acids is 1. The van der Waals surface area contributed by atoms with Crippen LogP contribution in [-0.2, 0) is 0 Å². The Bertz CT molecular complexity index is 378. The molecule has 0 unspecified atom stereocenters. The Kier molecular flexibility index (Phi) is 3.38. The third-order valence-corrected chi connectivity index (χ3v) is 3.37. The summed E-state index contributed by atoms with van der Waals surface area (Å²) in [4.78, 5) is 14.0. The van der Waals surface area contributed by atoms with Gasteiger partial charge in [-0.2, -0.15) is 0 Å². The van der Waals surface area contributed by atoms with Crippen molar-refractivity contribution in [3.63, 3.8) is 0 Å². The lowest BCUT2D eigenvalue weighted by Crippen LogP contribution is -2.42. The van der Waals surface area contributed by atoms with Gasteiger partial charge >= 0.3 is 0 Å². The first-order valence-corrected chi connectivity index (χ1v) is 6.40. The van der Waals surface area contributed by atoms with Crippen molar-refractivity contribution in [2.75, 3.05) is 13.1 Å². The van der Waals surface area contributed by atoms with Crippen molar-refractivity contribution in [1.82, 2.24) is 4.90 Å². The van der Waals surface area contributed by atoms with Gasteiger partial charge in [0.15, 0.2) is 10.4 Å². The van der Waals surface area contributed by atoms with Crippen LogP contribution in [0.15, 0.2) is 21.2 Å². The zero-order valence-electron chi connectivity index (χ0n) is 9.57. The highest BCUT2D eigenvalue weighted by Crippen LogP contribution is 2.23. The Morgan fingerprint density at radius 1 is 1.38 bits per heavy atom. The smallest absolute Gasteiger partial charge is 0.289 e. The molecule has 2 atom stereocenters. The van der Waals surface area contributed by atoms with Crippen molar-refractivity contribution in [2.45, 2.75) is 20.3 Å². The second kappa shape index (κ2) is 4.62. The number of rotatable bonds is 1. The SMILES string of the molecule is C[C@@H]1C[C@H](C)CN(C(=O)c2ccc(Br)o2)C1. The Balaban J connectivity index is 2.09. The quantitative estimate of drug-likeness (QED) is 0.794. The molecule has 1 amide bonds. The topological polar surface area (TPSA) is 33.5 Å². The van der Waals surface area contributed by atoms with Gasteiger partial charge in [0, 0.05) is 13.1 Å². The standard InChI is InChI=1S/C12H16BrNO2/c1-8-5-9(2)7-14(6-8)12(15)10-3-4-11(13)16-10/h3-4,8-9H,5-7H2,1-2H3/t8-,9+. The summed E-state index contributed by atoms with van der Waals surface area (Å²) in [5.41, 5.74) is 0. The van der Waals surface area contributed by atoms with Gasteiger partial charge in [0.05, 0.1) is 0 Å². The Hall–Kier alpha value is -0.770. The average Bonchev–Trinajstić information content (AvgIpc) is 2.62. The number of carbonyl (C=O) groups is 1. The van der Waals surface area contributed by atoms with Gasteiger partial charge in [-0.15, -0.1) is 0 Å². The molecule has 0 bridgehead atoms. The van der Waals surface area contributed by atoms with Gasteiger partial charge in [0.1, 0.15) is 0 Å². The minimum atomic E-state index is 0.00380. The van der Waals surface area contributed by atoms with Crippen LogP contribution in [0, 0.1) is 11.8 Å². The van der Waals surface area contributed by atoms with E-state index in [9.17, 15) is 4.79 Å². The highest BCUT2D eigenvalue weighted by Gasteiger charge is 2.27. The number of piperidine rings is 1. The lowest BCUT2D eigenvalue weighted by molar-refractivity contribution is 0.0590. The van der Waals surface area contributed by atoms with Crippen LogP contribution in [-0.4, -0.2) is 23.9 Å². The fourth-order valence-corrected chi connectivity index (χ4v) is 2.72. The van der Waals surface area contributed by atoms with Crippen LogP contribution in [0.5, 0.6) is 0 Å². The molecule has 88 valence electrons. The summed E-state index contributed by atoms with van der Waals surface area (Å²) in [6.07, 6.45) is 1.20. The number of hydrogen-bond acceptors (Lipinski definition) is 2. The van der Waals surface area contributed by atoms with Crippen LogP contribution in [0.4, 0.5) is 0 Å². The molecule has 0 aromatic carbocycles. The van der Waals surface area contributed by atoms with Crippen LogP contribution in [0.1, 0.15) is 30.8 Å². The van der Waals surface area contributed by atoms with Crippen LogP contribution in [0.2, 0.25) is 0 Å². The van der Waals surface area contributed by atoms with E-state index in [2.05, 4.69) is 29.8 Å². The van der Waals surface area contributed by atoms with Crippen LogP contribution >= 0.6 is 15.9 Å². The predicted molar refractivity (Wildman–Crippen MR) is 65.3 cm³/mol. The first-order chi connectivity index (χ1) is 7.56. The van der Waals surface area contributed by atoms with Gasteiger partial charge in [-0.3, -0.25) is 4.79 Å². The number of nitrogens with zero attached hydrogens (tertiary/aromatic N) is 1. The van der Waals surface area contributed by atoms with Crippen molar-refractivity contribution >= 4 is 21.8 Å². The molecule has 0 N–H and O–H groups in total. The molecule has 0 aliphatic carbocycles. The molecule has 1 aliphatic heterocycles. The summed E-state index contributed by atoms with van der Waals surface area (Å²) in [6, 6.07) is 3.47. The van der Waals surface area contributed by atoms with Gasteiger partial charge in [-0.1, -0.05) is 13.8 Å². The zero-order chi connectivity index (χ0) is 11.7. The van der Waals surface area contributed by atoms with Crippen molar-refractivity contribution < 1.29 is 9.21 Å². The lowest BCUT2D eigenvalue weighted by atomic mass is 9.92. The van der Waals surface area contributed by atoms with Gasteiger partial charge in [-0.05, 0) is 46.3 Å². The van der Waals surface area contributed by atoms with Crippen LogP contribution in [0.3, 0.4) is 0 Å². The van der Waals surface area contributed by atoms with Gasteiger partial charge in [0.25, 0.3) is 5.91 Å². The van der Waals surface area contributed by atoms with Crippen molar-refractivity contribution in [2.24, 2.45) is 11.8 Å². The van der Waals surface area contributed by atoms with Crippen LogP contribution in [0.25, 0.3) is 0 Å². The van der Waals surface area contributed by atoms with E-state index in [4.69, 9.17) is 4.42 Å². The average molecular weight is 286 g/mol. The van der Waals surface area contributed by atoms with Crippen molar-refractivity contribution in [3.8, 4) is 0 Å². The fraction of sp³-hybridized carbons (Fsp3) is 0.583. The summed E-state index contributed by atoms with van der Waals surface area (Å²) in [5.74, 6) is 1.58. The van der Waals surface area contributed by atoms with Gasteiger partial charge in [0.2, 0.25) is 0 Å². The minimum Gasteiger partial charge on any atom is -0.444 e. The molecule has 3 nitrogen and oxygen atoms in total. The summed E-state index contributed by atoms with van der Waals surface area (Å²) < 4.78 is 5.90. The molecule has 4 heteroatoms. The van der Waals surface area contributed by atoms with Crippen molar-refractivity contribution in [1.29, 1.82) is 0 Å². The molecule has 1 fully saturated rings. The molecule has 1 aromatic heterocycles. The normalized spacial score (nSPS) is 25.8. The fourth-order valence-electron chi connectivity index (χ4n) is 2.41. The molecule has 0 saturated carbocycles. The third kappa shape index (κ3) is 2.48. The van der Waals surface area contributed by atoms with E-state index in [1.807, 2.05) is 4.90 Å². The molecule has 0 spiro atoms. The summed E-state index contributed by atoms with van der Waals surface area (Å²) in [6.45, 7) is 6.05. The maximum Gasteiger partial charge on any atom is 0.289 e. The monoisotopic (exact) mass is 285 g/mol. The third-order valence-electron chi connectivity index (χ3n) is 2.94. The van der Waals surface area contributed by atoms with E-state index >= 15 is 0 Å². The molecule has 1 saturated heterocycles. The van der Waals surface area contributed by atoms with E-state index in [-0.39, 0.29) is 5.91 Å². The van der Waals surface area contributed by atoms with Crippen molar-refractivity contribution in [3.05, 3.63) is 22.6 Å². The first-order valence-electron chi connectivity index (χ1n) is 5.61. The van der Waals surface area contributed by atoms with Gasteiger partial charge < -0.3 is 9.32 Å². The second-order valence-corrected chi connectivity index (χ2v) is 5.54. The van der Waals surface area contributed by atoms with E-state index in [0.717, 1.165) is 13.1 Å². The molecule has 1 aromatic rings. The number of furan rings is 1. The lowest BCUT2D eigenvalue weighted by Gasteiger charge is -2.34. The highest BCUT2D eigenvalue weighted by molar-refractivity contribution is 9.10. The molecule has 2 rings (SSSR count). The molecule has 16 heavy (non-hydrogen) atoms. The number of likely N-dealkylation sites (tertiary alicyclic amines) is 1. The Morgan fingerprint density at radius 2 is 2.00 bits per heavy atom. The number of hydrogen-bond donors (Lipinski definition) is 0. The Morgan fingerprint density at radius 3 is 2.50 bits per heavy atom. The molecule has 1 aliphatic rings. The van der Waals surface area contributed by atoms with E-state index in [1.54, 1.807) is 12.1 Å². The highest BCUT2D eigenvalue weighted by atomic mass is 79.9. The molecular weight excluding hydrogens is 270 g/mol. The molecule has 0 radical (unpaired) electrons. The maximum absolute atomic E-state index is 12.1. The van der Waals surface area contributed by atoms with E-state index in [0.29, 0.717) is 22.3 Å². The minimum absolute atomic E-state index is 0.00380. The molecular formula is C12H16BrNO2. The zero-order valence-corrected chi connectivity index (χ0v) is 11.2. The first kappa shape index (κ1) is 11.7. The number of halogens is 1. The summed E-state index contributed by atoms with van der Waals surface area (Å²) in [5, 5.41) is 0. The Labute approximate surface area is 104 Å². The van der Waals surface area contributed by atoms with Gasteiger partial charge in [-0.25, -0.2) is 0 Å².